The zero-order valence-corrected chi connectivity index (χ0v) is 15.8. The topological polar surface area (TPSA) is 62.7 Å². The number of fused-ring (bicyclic) bond motifs is 1. The predicted molar refractivity (Wildman–Crippen MR) is 108 cm³/mol. The molecule has 5 rings (SSSR count). The predicted octanol–water partition coefficient (Wildman–Crippen LogP) is 3.44. The summed E-state index contributed by atoms with van der Waals surface area (Å²) in [6.07, 6.45) is 2.51. The SMILES string of the molecule is Cc1cccc(N2C(=O)C3ON(c4ccccc4)C(c4ccncc4)C3C2=O)c1. The van der Waals surface area contributed by atoms with E-state index in [1.165, 1.54) is 4.90 Å². The molecule has 6 heteroatoms. The summed E-state index contributed by atoms with van der Waals surface area (Å²) in [7, 11) is 0. The van der Waals surface area contributed by atoms with E-state index < -0.39 is 18.1 Å². The molecular weight excluding hydrogens is 366 g/mol. The molecule has 2 aliphatic heterocycles. The van der Waals surface area contributed by atoms with Crippen molar-refractivity contribution in [3.05, 3.63) is 90.3 Å². The maximum Gasteiger partial charge on any atom is 0.266 e. The number of benzene rings is 2. The number of rotatable bonds is 3. The van der Waals surface area contributed by atoms with Crippen molar-refractivity contribution in [3.63, 3.8) is 0 Å². The van der Waals surface area contributed by atoms with Gasteiger partial charge in [0.2, 0.25) is 5.91 Å². The van der Waals surface area contributed by atoms with Gasteiger partial charge in [0.15, 0.2) is 6.10 Å². The van der Waals surface area contributed by atoms with Crippen molar-refractivity contribution in [1.29, 1.82) is 0 Å². The number of pyridine rings is 1. The average molecular weight is 385 g/mol. The van der Waals surface area contributed by atoms with Crippen LogP contribution in [0.15, 0.2) is 79.1 Å². The van der Waals surface area contributed by atoms with Crippen LogP contribution in [0.2, 0.25) is 0 Å². The molecule has 1 aromatic heterocycles. The minimum absolute atomic E-state index is 0.245. The first-order valence-corrected chi connectivity index (χ1v) is 9.50. The molecule has 0 saturated carbocycles. The normalized spacial score (nSPS) is 23.6. The molecule has 144 valence electrons. The standard InChI is InChI=1S/C23H19N3O3/c1-15-6-5-9-18(14-15)25-22(27)19-20(16-10-12-24-13-11-16)26(29-21(19)23(25)28)17-7-3-2-4-8-17/h2-14,19-21H,1H3. The molecule has 2 aliphatic rings. The first-order chi connectivity index (χ1) is 14.1. The lowest BCUT2D eigenvalue weighted by atomic mass is 9.91. The van der Waals surface area contributed by atoms with Gasteiger partial charge in [0, 0.05) is 12.4 Å². The van der Waals surface area contributed by atoms with Crippen molar-refractivity contribution >= 4 is 23.2 Å². The molecule has 3 heterocycles. The van der Waals surface area contributed by atoms with Gasteiger partial charge in [-0.3, -0.25) is 19.4 Å². The third-order valence-electron chi connectivity index (χ3n) is 5.43. The van der Waals surface area contributed by atoms with Crippen molar-refractivity contribution in [2.45, 2.75) is 19.1 Å². The van der Waals surface area contributed by atoms with Crippen LogP contribution in [0.25, 0.3) is 0 Å². The van der Waals surface area contributed by atoms with Gasteiger partial charge in [-0.1, -0.05) is 30.3 Å². The fourth-order valence-corrected chi connectivity index (χ4v) is 4.13. The lowest BCUT2D eigenvalue weighted by Crippen LogP contribution is -2.37. The third-order valence-corrected chi connectivity index (χ3v) is 5.43. The summed E-state index contributed by atoms with van der Waals surface area (Å²) in [5.74, 6) is -1.21. The number of nitrogens with zero attached hydrogens (tertiary/aromatic N) is 3. The zero-order valence-electron chi connectivity index (χ0n) is 15.8. The highest BCUT2D eigenvalue weighted by Crippen LogP contribution is 2.47. The molecule has 2 aromatic carbocycles. The van der Waals surface area contributed by atoms with E-state index in [0.29, 0.717) is 5.69 Å². The van der Waals surface area contributed by atoms with Crippen LogP contribution < -0.4 is 9.96 Å². The first-order valence-electron chi connectivity index (χ1n) is 9.50. The quantitative estimate of drug-likeness (QED) is 0.647. The van der Waals surface area contributed by atoms with Crippen LogP contribution in [0.3, 0.4) is 0 Å². The highest BCUT2D eigenvalue weighted by atomic mass is 16.7. The lowest BCUT2D eigenvalue weighted by molar-refractivity contribution is -0.126. The number of hydrogen-bond donors (Lipinski definition) is 0. The number of carbonyl (C=O) groups excluding carboxylic acids is 2. The molecule has 29 heavy (non-hydrogen) atoms. The highest BCUT2D eigenvalue weighted by Gasteiger charge is 2.60. The molecule has 2 fully saturated rings. The van der Waals surface area contributed by atoms with Crippen LogP contribution >= 0.6 is 0 Å². The summed E-state index contributed by atoms with van der Waals surface area (Å²) in [4.78, 5) is 38.1. The minimum atomic E-state index is -0.860. The fourth-order valence-electron chi connectivity index (χ4n) is 4.13. The zero-order chi connectivity index (χ0) is 20.0. The maximum absolute atomic E-state index is 13.5. The summed E-state index contributed by atoms with van der Waals surface area (Å²) >= 11 is 0. The van der Waals surface area contributed by atoms with Crippen molar-refractivity contribution in [2.24, 2.45) is 5.92 Å². The van der Waals surface area contributed by atoms with E-state index in [9.17, 15) is 9.59 Å². The van der Waals surface area contributed by atoms with Crippen LogP contribution in [0.4, 0.5) is 11.4 Å². The summed E-state index contributed by atoms with van der Waals surface area (Å²) in [5, 5.41) is 1.69. The first kappa shape index (κ1) is 17.6. The molecule has 0 N–H and O–H groups in total. The van der Waals surface area contributed by atoms with Crippen LogP contribution in [-0.4, -0.2) is 22.9 Å². The van der Waals surface area contributed by atoms with Crippen molar-refractivity contribution in [3.8, 4) is 0 Å². The summed E-state index contributed by atoms with van der Waals surface area (Å²) in [6.45, 7) is 1.93. The lowest BCUT2D eigenvalue weighted by Gasteiger charge is -2.28. The Kier molecular flexibility index (Phi) is 4.14. The summed E-state index contributed by atoms with van der Waals surface area (Å²) in [5.41, 5.74) is 3.24. The number of carbonyl (C=O) groups is 2. The van der Waals surface area contributed by atoms with Crippen LogP contribution in [-0.2, 0) is 14.4 Å². The van der Waals surface area contributed by atoms with Gasteiger partial charge in [-0.2, -0.15) is 0 Å². The molecule has 3 aromatic rings. The van der Waals surface area contributed by atoms with E-state index in [1.807, 2.05) is 67.6 Å². The van der Waals surface area contributed by atoms with Crippen molar-refractivity contribution in [1.82, 2.24) is 4.98 Å². The molecule has 3 atom stereocenters. The molecular formula is C23H19N3O3. The van der Waals surface area contributed by atoms with E-state index in [4.69, 9.17) is 4.84 Å². The van der Waals surface area contributed by atoms with Gasteiger partial charge in [-0.25, -0.2) is 9.96 Å². The van der Waals surface area contributed by atoms with E-state index in [0.717, 1.165) is 16.8 Å². The maximum atomic E-state index is 13.5. The number of anilines is 2. The number of aryl methyl sites for hydroxylation is 1. The smallest absolute Gasteiger partial charge is 0.266 e. The van der Waals surface area contributed by atoms with Gasteiger partial charge < -0.3 is 0 Å². The molecule has 0 aliphatic carbocycles. The second-order valence-corrected chi connectivity index (χ2v) is 7.29. The fraction of sp³-hybridized carbons (Fsp3) is 0.174. The van der Waals surface area contributed by atoms with E-state index in [1.54, 1.807) is 23.5 Å². The molecule has 0 radical (unpaired) electrons. The number of hydroxylamine groups is 1. The molecule has 2 amide bonds. The summed E-state index contributed by atoms with van der Waals surface area (Å²) in [6, 6.07) is 20.2. The molecule has 2 saturated heterocycles. The van der Waals surface area contributed by atoms with Crippen molar-refractivity contribution < 1.29 is 14.4 Å². The van der Waals surface area contributed by atoms with Crippen molar-refractivity contribution in [2.75, 3.05) is 9.96 Å². The molecule has 6 nitrogen and oxygen atoms in total. The van der Waals surface area contributed by atoms with E-state index >= 15 is 0 Å². The number of para-hydroxylation sites is 1. The largest absolute Gasteiger partial charge is 0.273 e. The number of imide groups is 1. The highest BCUT2D eigenvalue weighted by molar-refractivity contribution is 6.23. The van der Waals surface area contributed by atoms with Gasteiger partial charge in [-0.05, 0) is 54.4 Å². The van der Waals surface area contributed by atoms with Gasteiger partial charge in [0.05, 0.1) is 17.4 Å². The molecule has 3 unspecified atom stereocenters. The van der Waals surface area contributed by atoms with Crippen LogP contribution in [0.1, 0.15) is 17.2 Å². The number of hydrogen-bond acceptors (Lipinski definition) is 5. The Labute approximate surface area is 168 Å². The summed E-state index contributed by atoms with van der Waals surface area (Å²) < 4.78 is 0. The third kappa shape index (κ3) is 2.80. The molecule has 0 spiro atoms. The van der Waals surface area contributed by atoms with Gasteiger partial charge >= 0.3 is 0 Å². The van der Waals surface area contributed by atoms with Gasteiger partial charge in [-0.15, -0.1) is 0 Å². The van der Waals surface area contributed by atoms with E-state index in [-0.39, 0.29) is 11.8 Å². The Balaban J connectivity index is 1.59. The van der Waals surface area contributed by atoms with Crippen LogP contribution in [0, 0.1) is 12.8 Å². The Morgan fingerprint density at radius 1 is 0.862 bits per heavy atom. The average Bonchev–Trinajstić information content (AvgIpc) is 3.26. The molecule has 0 bridgehead atoms. The van der Waals surface area contributed by atoms with E-state index in [2.05, 4.69) is 4.98 Å². The van der Waals surface area contributed by atoms with Gasteiger partial charge in [0.25, 0.3) is 5.91 Å². The Bertz CT molecular complexity index is 1070. The van der Waals surface area contributed by atoms with Gasteiger partial charge in [0.1, 0.15) is 5.92 Å². The Hall–Kier alpha value is -3.51. The second kappa shape index (κ2) is 6.83. The van der Waals surface area contributed by atoms with Crippen LogP contribution in [0.5, 0.6) is 0 Å². The monoisotopic (exact) mass is 385 g/mol. The number of aromatic nitrogens is 1. The Morgan fingerprint density at radius 3 is 2.31 bits per heavy atom. The number of amides is 2. The second-order valence-electron chi connectivity index (χ2n) is 7.29. The minimum Gasteiger partial charge on any atom is -0.273 e. The Morgan fingerprint density at radius 2 is 1.59 bits per heavy atom.